The predicted octanol–water partition coefficient (Wildman–Crippen LogP) is 2.50. The normalized spacial score (nSPS) is 15.6. The van der Waals surface area contributed by atoms with Gasteiger partial charge in [0.1, 0.15) is 12.1 Å². The number of nitrogens with zero attached hydrogens (tertiary/aromatic N) is 6. The maximum Gasteiger partial charge on any atom is 0.226 e. The Morgan fingerprint density at radius 3 is 2.87 bits per heavy atom. The van der Waals surface area contributed by atoms with Crippen molar-refractivity contribution >= 4 is 17.4 Å². The summed E-state index contributed by atoms with van der Waals surface area (Å²) in [6.45, 7) is 4.40. The third kappa shape index (κ3) is 3.16. The van der Waals surface area contributed by atoms with E-state index in [2.05, 4.69) is 25.7 Å². The van der Waals surface area contributed by atoms with Crippen molar-refractivity contribution < 1.29 is 14.3 Å². The number of hydrogen-bond acceptors (Lipinski definition) is 7. The van der Waals surface area contributed by atoms with E-state index >= 15 is 0 Å². The van der Waals surface area contributed by atoms with Crippen molar-refractivity contribution in [2.75, 3.05) is 19.0 Å². The van der Waals surface area contributed by atoms with Crippen molar-refractivity contribution in [3.63, 3.8) is 0 Å². The Hall–Kier alpha value is -3.95. The van der Waals surface area contributed by atoms with Crippen molar-refractivity contribution in [3.8, 4) is 17.3 Å². The lowest BCUT2D eigenvalue weighted by Crippen LogP contribution is -2.25. The summed E-state index contributed by atoms with van der Waals surface area (Å²) in [6.07, 6.45) is 1.84. The molecule has 10 nitrogen and oxygen atoms in total. The van der Waals surface area contributed by atoms with Crippen molar-refractivity contribution in [2.24, 2.45) is 0 Å². The smallest absolute Gasteiger partial charge is 0.226 e. The maximum atomic E-state index is 12.6. The second kappa shape index (κ2) is 7.38. The molecule has 1 aliphatic heterocycles. The third-order valence-electron chi connectivity index (χ3n) is 5.36. The summed E-state index contributed by atoms with van der Waals surface area (Å²) in [5, 5.41) is 20.0. The quantitative estimate of drug-likeness (QED) is 0.529. The van der Waals surface area contributed by atoms with Crippen LogP contribution in [0, 0.1) is 6.92 Å². The molecule has 1 aliphatic rings. The van der Waals surface area contributed by atoms with Gasteiger partial charge in [-0.3, -0.25) is 4.79 Å². The van der Waals surface area contributed by atoms with Gasteiger partial charge in [0.15, 0.2) is 23.0 Å². The predicted molar refractivity (Wildman–Crippen MR) is 112 cm³/mol. The lowest BCUT2D eigenvalue weighted by Gasteiger charge is -2.25. The fraction of sp³-hybridized carbons (Fsp3) is 0.286. The molecule has 0 spiro atoms. The molecule has 1 aromatic carbocycles. The van der Waals surface area contributed by atoms with Gasteiger partial charge in [-0.05, 0) is 43.7 Å². The Morgan fingerprint density at radius 1 is 1.19 bits per heavy atom. The van der Waals surface area contributed by atoms with Crippen molar-refractivity contribution in [2.45, 2.75) is 26.2 Å². The molecule has 10 heteroatoms. The summed E-state index contributed by atoms with van der Waals surface area (Å²) in [5.41, 5.74) is 3.36. The number of carbonyl (C=O) groups is 1. The van der Waals surface area contributed by atoms with E-state index in [9.17, 15) is 4.79 Å². The zero-order chi connectivity index (χ0) is 21.5. The van der Waals surface area contributed by atoms with Crippen molar-refractivity contribution in [3.05, 3.63) is 53.5 Å². The highest BCUT2D eigenvalue weighted by molar-refractivity contribution is 5.95. The van der Waals surface area contributed by atoms with Crippen LogP contribution in [0.1, 0.15) is 36.1 Å². The van der Waals surface area contributed by atoms with Gasteiger partial charge in [-0.1, -0.05) is 6.07 Å². The highest BCUT2D eigenvalue weighted by Gasteiger charge is 2.33. The second-order valence-corrected chi connectivity index (χ2v) is 7.23. The molecule has 4 heterocycles. The molecule has 0 saturated carbocycles. The number of benzene rings is 1. The summed E-state index contributed by atoms with van der Waals surface area (Å²) >= 11 is 0. The van der Waals surface area contributed by atoms with Crippen LogP contribution >= 0.6 is 0 Å². The van der Waals surface area contributed by atoms with E-state index in [1.54, 1.807) is 28.4 Å². The van der Waals surface area contributed by atoms with E-state index in [1.807, 2.05) is 32.0 Å². The number of aryl methyl sites for hydroxylation is 1. The molecule has 0 fully saturated rings. The number of nitrogens with one attached hydrogen (secondary N) is 1. The Labute approximate surface area is 177 Å². The number of hydrogen-bond donors (Lipinski definition) is 1. The van der Waals surface area contributed by atoms with Crippen LogP contribution in [0.15, 0.2) is 36.7 Å². The highest BCUT2D eigenvalue weighted by Crippen LogP contribution is 2.42. The molecule has 1 amide bonds. The van der Waals surface area contributed by atoms with Crippen LogP contribution in [-0.4, -0.2) is 49.2 Å². The van der Waals surface area contributed by atoms with Gasteiger partial charge in [-0.15, -0.1) is 15.3 Å². The molecule has 3 aromatic heterocycles. The van der Waals surface area contributed by atoms with Gasteiger partial charge in [0.05, 0.1) is 19.4 Å². The summed E-state index contributed by atoms with van der Waals surface area (Å²) in [4.78, 5) is 12.6. The molecule has 158 valence electrons. The molecule has 4 aromatic rings. The topological polar surface area (TPSA) is 108 Å². The average Bonchev–Trinajstić information content (AvgIpc) is 3.37. The van der Waals surface area contributed by atoms with Gasteiger partial charge in [0, 0.05) is 17.9 Å². The molecular formula is C21H21N7O3. The minimum absolute atomic E-state index is 0.0862. The minimum Gasteiger partial charge on any atom is -0.493 e. The first-order chi connectivity index (χ1) is 15.1. The Morgan fingerprint density at radius 2 is 2.06 bits per heavy atom. The van der Waals surface area contributed by atoms with E-state index in [4.69, 9.17) is 9.47 Å². The highest BCUT2D eigenvalue weighted by atomic mass is 16.5. The number of fused-ring (bicyclic) bond motifs is 2. The van der Waals surface area contributed by atoms with Crippen LogP contribution in [0.2, 0.25) is 0 Å². The number of ether oxygens (including phenoxy) is 2. The number of amides is 1. The second-order valence-electron chi connectivity index (χ2n) is 7.23. The molecule has 1 atom stereocenters. The van der Waals surface area contributed by atoms with E-state index < -0.39 is 0 Å². The lowest BCUT2D eigenvalue weighted by atomic mass is 9.85. The zero-order valence-corrected chi connectivity index (χ0v) is 17.4. The summed E-state index contributed by atoms with van der Waals surface area (Å²) in [6, 6.07) is 9.38. The van der Waals surface area contributed by atoms with Crippen LogP contribution in [0.25, 0.3) is 11.5 Å². The van der Waals surface area contributed by atoms with Crippen LogP contribution in [0.3, 0.4) is 0 Å². The number of anilines is 1. The maximum absolute atomic E-state index is 12.6. The molecule has 0 bridgehead atoms. The number of carbonyl (C=O) groups excluding carboxylic acids is 1. The van der Waals surface area contributed by atoms with Gasteiger partial charge in [-0.25, -0.2) is 0 Å². The van der Waals surface area contributed by atoms with E-state index in [-0.39, 0.29) is 11.8 Å². The number of rotatable bonds is 5. The van der Waals surface area contributed by atoms with Gasteiger partial charge in [-0.2, -0.15) is 14.3 Å². The molecule has 0 saturated heterocycles. The molecule has 0 radical (unpaired) electrons. The fourth-order valence-corrected chi connectivity index (χ4v) is 4.00. The number of methoxy groups -OCH3 is 1. The fourth-order valence-electron chi connectivity index (χ4n) is 4.00. The summed E-state index contributed by atoms with van der Waals surface area (Å²) in [7, 11) is 1.61. The molecule has 1 N–H and O–H groups in total. The minimum atomic E-state index is -0.166. The Bertz CT molecular complexity index is 1290. The first-order valence-electron chi connectivity index (χ1n) is 9.96. The van der Waals surface area contributed by atoms with Gasteiger partial charge in [0.2, 0.25) is 5.91 Å². The SMILES string of the molecule is CCOc1ccc([C@@H]2CC(=O)Nc3c2c(C)nn3-c2ccc3nncn3n2)cc1OC. The van der Waals surface area contributed by atoms with Crippen LogP contribution < -0.4 is 14.8 Å². The Balaban J connectivity index is 1.62. The van der Waals surface area contributed by atoms with E-state index in [0.717, 1.165) is 16.8 Å². The largest absolute Gasteiger partial charge is 0.493 e. The molecule has 5 rings (SSSR count). The molecule has 0 unspecified atom stereocenters. The third-order valence-corrected chi connectivity index (χ3v) is 5.36. The Kier molecular flexibility index (Phi) is 4.54. The van der Waals surface area contributed by atoms with Crippen LogP contribution in [0.4, 0.5) is 5.82 Å². The average molecular weight is 419 g/mol. The van der Waals surface area contributed by atoms with Gasteiger partial charge >= 0.3 is 0 Å². The molecular weight excluding hydrogens is 398 g/mol. The van der Waals surface area contributed by atoms with Crippen molar-refractivity contribution in [1.29, 1.82) is 0 Å². The van der Waals surface area contributed by atoms with Gasteiger partial charge < -0.3 is 14.8 Å². The van der Waals surface area contributed by atoms with Crippen molar-refractivity contribution in [1.82, 2.24) is 29.6 Å². The standard InChI is InChI=1S/C21H21N7O3/c1-4-31-15-6-5-13(9-16(15)30-3)14-10-19(29)23-21-20(14)12(2)25-28(21)18-8-7-17-24-22-11-27(17)26-18/h5-9,11,14H,4,10H2,1-3H3,(H,23,29)/t14-/m0/s1. The van der Waals surface area contributed by atoms with Crippen LogP contribution in [0.5, 0.6) is 11.5 Å². The zero-order valence-electron chi connectivity index (χ0n) is 17.4. The lowest BCUT2D eigenvalue weighted by molar-refractivity contribution is -0.116. The monoisotopic (exact) mass is 419 g/mol. The molecule has 31 heavy (non-hydrogen) atoms. The van der Waals surface area contributed by atoms with Crippen LogP contribution in [-0.2, 0) is 4.79 Å². The van der Waals surface area contributed by atoms with E-state index in [1.165, 1.54) is 6.33 Å². The van der Waals surface area contributed by atoms with Gasteiger partial charge in [0.25, 0.3) is 0 Å². The number of aromatic nitrogens is 6. The summed E-state index contributed by atoms with van der Waals surface area (Å²) < 4.78 is 14.4. The first kappa shape index (κ1) is 19.0. The summed E-state index contributed by atoms with van der Waals surface area (Å²) in [5.74, 6) is 2.23. The molecule has 0 aliphatic carbocycles. The first-order valence-corrected chi connectivity index (χ1v) is 9.96. The van der Waals surface area contributed by atoms with E-state index in [0.29, 0.717) is 41.8 Å².